The smallest absolute Gasteiger partial charge is 0.872 e. The summed E-state index contributed by atoms with van der Waals surface area (Å²) in [4.78, 5) is 8.41. The van der Waals surface area contributed by atoms with Gasteiger partial charge in [-0.15, -0.1) is 11.5 Å². The predicted molar refractivity (Wildman–Crippen MR) is 81.3 cm³/mol. The SMILES string of the molecule is [Hg+2].[O-]c1ccccc1C=NCCCN=Cc1ccccc1[O-]. The molecule has 0 unspecified atom stereocenters. The quantitative estimate of drug-likeness (QED) is 0.359. The van der Waals surface area contributed by atoms with E-state index in [0.717, 1.165) is 6.42 Å². The summed E-state index contributed by atoms with van der Waals surface area (Å²) in [5.41, 5.74) is 1.20. The van der Waals surface area contributed by atoms with E-state index in [2.05, 4.69) is 9.98 Å². The van der Waals surface area contributed by atoms with Gasteiger partial charge < -0.3 is 10.2 Å². The van der Waals surface area contributed by atoms with Crippen LogP contribution in [-0.2, 0) is 27.7 Å². The van der Waals surface area contributed by atoms with Crippen LogP contribution in [0.1, 0.15) is 17.5 Å². The average Bonchev–Trinajstić information content (AvgIpc) is 2.50. The van der Waals surface area contributed by atoms with Crippen molar-refractivity contribution in [1.82, 2.24) is 0 Å². The van der Waals surface area contributed by atoms with Crippen molar-refractivity contribution in [3.05, 3.63) is 59.7 Å². The molecule has 2 aromatic rings. The maximum Gasteiger partial charge on any atom is 2.00 e. The molecule has 0 heterocycles. The van der Waals surface area contributed by atoms with E-state index in [1.165, 1.54) is 12.1 Å². The molecule has 0 aliphatic rings. The molecular weight excluding hydrogens is 465 g/mol. The summed E-state index contributed by atoms with van der Waals surface area (Å²) in [5, 5.41) is 22.9. The molecule has 0 atom stereocenters. The number of para-hydroxylation sites is 2. The third-order valence-corrected chi connectivity index (χ3v) is 2.87. The Balaban J connectivity index is 0.00000242. The van der Waals surface area contributed by atoms with Crippen LogP contribution < -0.4 is 10.2 Å². The van der Waals surface area contributed by atoms with Crippen molar-refractivity contribution in [2.45, 2.75) is 6.42 Å². The van der Waals surface area contributed by atoms with Crippen molar-refractivity contribution in [3.8, 4) is 11.5 Å². The van der Waals surface area contributed by atoms with Gasteiger partial charge in [-0.25, -0.2) is 0 Å². The normalized spacial score (nSPS) is 10.9. The van der Waals surface area contributed by atoms with Crippen LogP contribution in [0.2, 0.25) is 0 Å². The minimum Gasteiger partial charge on any atom is -0.872 e. The third kappa shape index (κ3) is 5.98. The second-order valence-corrected chi connectivity index (χ2v) is 4.50. The van der Waals surface area contributed by atoms with Crippen molar-refractivity contribution in [1.29, 1.82) is 0 Å². The van der Waals surface area contributed by atoms with Gasteiger partial charge in [-0.2, -0.15) is 0 Å². The molecule has 0 saturated carbocycles. The van der Waals surface area contributed by atoms with Crippen LogP contribution in [-0.4, -0.2) is 25.5 Å². The standard InChI is InChI=1S/C17H18N2O2.Hg/c20-16-8-3-1-6-14(16)12-18-10-5-11-19-13-15-7-2-4-9-17(15)21;/h1-4,6-9,12-13,20-21H,5,10-11H2;/q;+2/p-2. The largest absolute Gasteiger partial charge is 2.00 e. The summed E-state index contributed by atoms with van der Waals surface area (Å²) in [6, 6.07) is 13.6. The van der Waals surface area contributed by atoms with Gasteiger partial charge in [-0.1, -0.05) is 48.5 Å². The first-order valence-corrected chi connectivity index (χ1v) is 6.79. The number of benzene rings is 2. The van der Waals surface area contributed by atoms with Crippen LogP contribution in [0, 0.1) is 0 Å². The summed E-state index contributed by atoms with van der Waals surface area (Å²) in [6.45, 7) is 1.20. The Labute approximate surface area is 150 Å². The van der Waals surface area contributed by atoms with Gasteiger partial charge in [0.25, 0.3) is 0 Å². The molecule has 22 heavy (non-hydrogen) atoms. The number of nitrogens with zero attached hydrogens (tertiary/aromatic N) is 2. The van der Waals surface area contributed by atoms with E-state index in [1.54, 1.807) is 36.7 Å². The van der Waals surface area contributed by atoms with E-state index in [-0.39, 0.29) is 39.2 Å². The maximum atomic E-state index is 11.4. The zero-order valence-corrected chi connectivity index (χ0v) is 17.8. The zero-order chi connectivity index (χ0) is 14.9. The van der Waals surface area contributed by atoms with E-state index in [4.69, 9.17) is 0 Å². The summed E-state index contributed by atoms with van der Waals surface area (Å²) in [5.74, 6) is -0.0438. The second kappa shape index (κ2) is 10.1. The molecule has 2 rings (SSSR count). The van der Waals surface area contributed by atoms with E-state index in [9.17, 15) is 10.2 Å². The minimum atomic E-state index is -0.0219. The molecule has 2 aromatic carbocycles. The molecule has 4 nitrogen and oxygen atoms in total. The number of rotatable bonds is 6. The minimum absolute atomic E-state index is 0. The number of hydrogen-bond acceptors (Lipinski definition) is 4. The molecule has 0 amide bonds. The molecule has 0 aromatic heterocycles. The summed E-state index contributed by atoms with van der Waals surface area (Å²) < 4.78 is 0. The van der Waals surface area contributed by atoms with Crippen LogP contribution in [0.5, 0.6) is 11.5 Å². The van der Waals surface area contributed by atoms with Crippen LogP contribution in [0.4, 0.5) is 0 Å². The van der Waals surface area contributed by atoms with Crippen molar-refractivity contribution < 1.29 is 37.9 Å². The number of hydrogen-bond donors (Lipinski definition) is 0. The Bertz CT molecular complexity index is 587. The van der Waals surface area contributed by atoms with Gasteiger partial charge in [0, 0.05) is 25.5 Å². The summed E-state index contributed by atoms with van der Waals surface area (Å²) in [7, 11) is 0. The zero-order valence-electron chi connectivity index (χ0n) is 12.3. The first-order valence-electron chi connectivity index (χ1n) is 6.79. The topological polar surface area (TPSA) is 70.8 Å². The van der Waals surface area contributed by atoms with Gasteiger partial charge in [-0.3, -0.25) is 9.98 Å². The molecule has 0 N–H and O–H groups in total. The van der Waals surface area contributed by atoms with Gasteiger partial charge in [-0.05, 0) is 17.5 Å². The Morgan fingerprint density at radius 3 is 1.55 bits per heavy atom. The molecule has 0 spiro atoms. The van der Waals surface area contributed by atoms with Crippen LogP contribution in [0.15, 0.2) is 58.5 Å². The molecule has 0 aliphatic carbocycles. The maximum absolute atomic E-state index is 11.4. The molecular formula is C17H16HgN2O2. The van der Waals surface area contributed by atoms with Crippen LogP contribution in [0.25, 0.3) is 0 Å². The molecule has 108 valence electrons. The summed E-state index contributed by atoms with van der Waals surface area (Å²) in [6.07, 6.45) is 3.97. The van der Waals surface area contributed by atoms with E-state index in [1.807, 2.05) is 12.1 Å². The fourth-order valence-electron chi connectivity index (χ4n) is 1.75. The third-order valence-electron chi connectivity index (χ3n) is 2.87. The summed E-state index contributed by atoms with van der Waals surface area (Å²) >= 11 is 0. The van der Waals surface area contributed by atoms with Gasteiger partial charge in [0.05, 0.1) is 0 Å². The van der Waals surface area contributed by atoms with Crippen LogP contribution >= 0.6 is 0 Å². The van der Waals surface area contributed by atoms with Gasteiger partial charge in [0.1, 0.15) is 0 Å². The first kappa shape index (κ1) is 18.4. The van der Waals surface area contributed by atoms with Crippen molar-refractivity contribution >= 4 is 12.4 Å². The van der Waals surface area contributed by atoms with Gasteiger partial charge >= 0.3 is 27.7 Å². The Kier molecular flexibility index (Phi) is 8.44. The Morgan fingerprint density at radius 1 is 0.727 bits per heavy atom. The monoisotopic (exact) mass is 482 g/mol. The van der Waals surface area contributed by atoms with Gasteiger partial charge in [0.15, 0.2) is 0 Å². The van der Waals surface area contributed by atoms with E-state index in [0.29, 0.717) is 24.2 Å². The fraction of sp³-hybridized carbons (Fsp3) is 0.176. The van der Waals surface area contributed by atoms with Crippen LogP contribution in [0.3, 0.4) is 0 Å². The second-order valence-electron chi connectivity index (χ2n) is 4.50. The van der Waals surface area contributed by atoms with Crippen molar-refractivity contribution in [2.75, 3.05) is 13.1 Å². The van der Waals surface area contributed by atoms with Crippen molar-refractivity contribution in [2.24, 2.45) is 9.98 Å². The molecule has 0 fully saturated rings. The Hall–Kier alpha value is -1.68. The predicted octanol–water partition coefficient (Wildman–Crippen LogP) is 1.76. The Morgan fingerprint density at radius 2 is 1.14 bits per heavy atom. The van der Waals surface area contributed by atoms with Crippen molar-refractivity contribution in [3.63, 3.8) is 0 Å². The average molecular weight is 481 g/mol. The van der Waals surface area contributed by atoms with E-state index < -0.39 is 0 Å². The van der Waals surface area contributed by atoms with Gasteiger partial charge in [0.2, 0.25) is 0 Å². The molecule has 0 radical (unpaired) electrons. The molecule has 5 heteroatoms. The number of aliphatic imine (C=N–C) groups is 2. The van der Waals surface area contributed by atoms with E-state index >= 15 is 0 Å². The molecule has 0 aliphatic heterocycles. The molecule has 0 saturated heterocycles. The first-order chi connectivity index (χ1) is 10.3. The fourth-order valence-corrected chi connectivity index (χ4v) is 1.75. The molecule has 0 bridgehead atoms.